The molecule has 0 unspecified atom stereocenters. The third kappa shape index (κ3) is 2.21. The lowest BCUT2D eigenvalue weighted by atomic mass is 10.2. The molecule has 0 spiro atoms. The molecule has 0 aliphatic carbocycles. The van der Waals surface area contributed by atoms with E-state index in [2.05, 4.69) is 10.1 Å². The largest absolute Gasteiger partial charge is 0.291 e. The Morgan fingerprint density at radius 2 is 1.64 bits per heavy atom. The minimum absolute atomic E-state index is 0.126. The molecule has 0 amide bonds. The van der Waals surface area contributed by atoms with Crippen LogP contribution in [0.15, 0.2) is 65.5 Å². The summed E-state index contributed by atoms with van der Waals surface area (Å²) in [6.45, 7) is 0. The Labute approximate surface area is 130 Å². The second kappa shape index (κ2) is 5.20. The molecule has 0 atom stereocenters. The molecule has 0 aliphatic heterocycles. The lowest BCUT2D eigenvalue weighted by Crippen LogP contribution is -2.23. The lowest BCUT2D eigenvalue weighted by Gasteiger charge is -1.91. The van der Waals surface area contributed by atoms with Crippen molar-refractivity contribution >= 4 is 22.4 Å². The summed E-state index contributed by atoms with van der Waals surface area (Å²) >= 11 is 1.36. The monoisotopic (exact) mass is 305 g/mol. The Morgan fingerprint density at radius 1 is 0.955 bits per heavy atom. The summed E-state index contributed by atoms with van der Waals surface area (Å²) in [7, 11) is 0. The summed E-state index contributed by atoms with van der Waals surface area (Å²) in [5.74, 6) is 0.579. The summed E-state index contributed by atoms with van der Waals surface area (Å²) < 4.78 is 2.02. The summed E-state index contributed by atoms with van der Waals surface area (Å²) in [6.07, 6.45) is 1.87. The van der Waals surface area contributed by atoms with Gasteiger partial charge in [-0.2, -0.15) is 9.50 Å². The first kappa shape index (κ1) is 12.9. The smallest absolute Gasteiger partial charge is 0.266 e. The number of hydrogen-bond acceptors (Lipinski definition) is 4. The fourth-order valence-corrected chi connectivity index (χ4v) is 3.15. The Morgan fingerprint density at radius 3 is 2.32 bits per heavy atom. The fraction of sp³-hybridized carbons (Fsp3) is 0. The van der Waals surface area contributed by atoms with Crippen LogP contribution >= 0.6 is 11.3 Å². The van der Waals surface area contributed by atoms with Crippen molar-refractivity contribution in [3.8, 4) is 11.4 Å². The molecule has 2 aromatic heterocycles. The van der Waals surface area contributed by atoms with Crippen molar-refractivity contribution in [2.45, 2.75) is 0 Å². The van der Waals surface area contributed by atoms with Crippen LogP contribution in [0.1, 0.15) is 5.56 Å². The number of benzene rings is 2. The van der Waals surface area contributed by atoms with Crippen LogP contribution < -0.4 is 10.1 Å². The van der Waals surface area contributed by atoms with Crippen LogP contribution in [0.3, 0.4) is 0 Å². The van der Waals surface area contributed by atoms with Crippen molar-refractivity contribution in [3.05, 3.63) is 81.1 Å². The first-order valence-electron chi connectivity index (χ1n) is 6.83. The number of rotatable bonds is 2. The van der Waals surface area contributed by atoms with E-state index in [0.717, 1.165) is 11.1 Å². The number of nitrogens with zero attached hydrogens (tertiary/aromatic N) is 3. The molecule has 22 heavy (non-hydrogen) atoms. The number of thiazole rings is 1. The van der Waals surface area contributed by atoms with Gasteiger partial charge in [0.2, 0.25) is 4.96 Å². The normalized spacial score (nSPS) is 12.1. The van der Waals surface area contributed by atoms with Gasteiger partial charge in [0.1, 0.15) is 0 Å². The maximum Gasteiger partial charge on any atom is 0.291 e. The van der Waals surface area contributed by atoms with E-state index in [1.165, 1.54) is 15.9 Å². The Kier molecular flexibility index (Phi) is 3.05. The minimum Gasteiger partial charge on any atom is -0.266 e. The molecule has 0 saturated heterocycles. The lowest BCUT2D eigenvalue weighted by molar-refractivity contribution is 0.937. The number of hydrogen-bond donors (Lipinski definition) is 0. The molecule has 0 saturated carbocycles. The van der Waals surface area contributed by atoms with Gasteiger partial charge in [0, 0.05) is 5.56 Å². The third-order valence-electron chi connectivity index (χ3n) is 3.31. The zero-order valence-corrected chi connectivity index (χ0v) is 12.3. The zero-order chi connectivity index (χ0) is 14.9. The first-order chi connectivity index (χ1) is 10.8. The van der Waals surface area contributed by atoms with E-state index in [4.69, 9.17) is 0 Å². The van der Waals surface area contributed by atoms with E-state index < -0.39 is 0 Å². The molecular formula is C17H11N3OS. The van der Waals surface area contributed by atoms with E-state index >= 15 is 0 Å². The van der Waals surface area contributed by atoms with E-state index in [-0.39, 0.29) is 5.56 Å². The number of fused-ring (bicyclic) bond motifs is 1. The topological polar surface area (TPSA) is 47.3 Å². The average molecular weight is 305 g/mol. The second-order valence-electron chi connectivity index (χ2n) is 4.82. The predicted molar refractivity (Wildman–Crippen MR) is 87.8 cm³/mol. The predicted octanol–water partition coefficient (Wildman–Crippen LogP) is 2.37. The van der Waals surface area contributed by atoms with E-state index in [9.17, 15) is 4.79 Å². The second-order valence-corrected chi connectivity index (χ2v) is 5.83. The molecule has 2 heterocycles. The summed E-state index contributed by atoms with van der Waals surface area (Å²) in [6, 6.07) is 19.4. The van der Waals surface area contributed by atoms with Crippen molar-refractivity contribution in [2.24, 2.45) is 0 Å². The highest BCUT2D eigenvalue weighted by molar-refractivity contribution is 7.15. The van der Waals surface area contributed by atoms with Crippen LogP contribution in [0.25, 0.3) is 22.4 Å². The summed E-state index contributed by atoms with van der Waals surface area (Å²) in [5.41, 5.74) is 1.78. The van der Waals surface area contributed by atoms with Gasteiger partial charge < -0.3 is 0 Å². The fourth-order valence-electron chi connectivity index (χ4n) is 2.24. The van der Waals surface area contributed by atoms with Crippen molar-refractivity contribution in [1.29, 1.82) is 0 Å². The summed E-state index contributed by atoms with van der Waals surface area (Å²) in [5, 5.41) is 4.33. The SMILES string of the molecule is O=c1/c(=C/c2ccccc2)sc2nc(-c3ccccc3)nn12. The van der Waals surface area contributed by atoms with Gasteiger partial charge in [-0.25, -0.2) is 0 Å². The van der Waals surface area contributed by atoms with Crippen LogP contribution in [0.2, 0.25) is 0 Å². The maximum absolute atomic E-state index is 12.4. The molecule has 0 aliphatic rings. The van der Waals surface area contributed by atoms with E-state index in [0.29, 0.717) is 15.3 Å². The molecule has 4 aromatic rings. The highest BCUT2D eigenvalue weighted by Gasteiger charge is 2.11. The molecule has 0 bridgehead atoms. The van der Waals surface area contributed by atoms with Gasteiger partial charge in [-0.1, -0.05) is 72.0 Å². The van der Waals surface area contributed by atoms with Crippen LogP contribution in [-0.2, 0) is 0 Å². The molecule has 4 nitrogen and oxygen atoms in total. The highest BCUT2D eigenvalue weighted by Crippen LogP contribution is 2.15. The zero-order valence-electron chi connectivity index (χ0n) is 11.5. The molecule has 0 N–H and O–H groups in total. The van der Waals surface area contributed by atoms with E-state index in [1.54, 1.807) is 0 Å². The van der Waals surface area contributed by atoms with Gasteiger partial charge in [-0.3, -0.25) is 4.79 Å². The summed E-state index contributed by atoms with van der Waals surface area (Å²) in [4.78, 5) is 17.5. The minimum atomic E-state index is -0.126. The Hall–Kier alpha value is -2.79. The third-order valence-corrected chi connectivity index (χ3v) is 4.27. The van der Waals surface area contributed by atoms with Gasteiger partial charge >= 0.3 is 0 Å². The van der Waals surface area contributed by atoms with Crippen molar-refractivity contribution in [3.63, 3.8) is 0 Å². The van der Waals surface area contributed by atoms with Crippen LogP contribution in [-0.4, -0.2) is 14.6 Å². The average Bonchev–Trinajstić information content (AvgIpc) is 3.10. The Balaban J connectivity index is 1.85. The van der Waals surface area contributed by atoms with Gasteiger partial charge in [-0.15, -0.1) is 5.10 Å². The first-order valence-corrected chi connectivity index (χ1v) is 7.65. The molecule has 0 fully saturated rings. The highest BCUT2D eigenvalue weighted by atomic mass is 32.1. The van der Waals surface area contributed by atoms with Gasteiger partial charge in [0.15, 0.2) is 5.82 Å². The maximum atomic E-state index is 12.4. The Bertz CT molecular complexity index is 1040. The molecule has 2 aromatic carbocycles. The van der Waals surface area contributed by atoms with Crippen LogP contribution in [0.5, 0.6) is 0 Å². The van der Waals surface area contributed by atoms with Gasteiger partial charge in [0.25, 0.3) is 5.56 Å². The van der Waals surface area contributed by atoms with Crippen LogP contribution in [0.4, 0.5) is 0 Å². The molecular weight excluding hydrogens is 294 g/mol. The van der Waals surface area contributed by atoms with Gasteiger partial charge in [-0.05, 0) is 11.6 Å². The van der Waals surface area contributed by atoms with Crippen molar-refractivity contribution < 1.29 is 0 Å². The standard InChI is InChI=1S/C17H11N3OS/c21-16-14(11-12-7-3-1-4-8-12)22-17-18-15(19-20(16)17)13-9-5-2-6-10-13/h1-11H/b14-11-. The quantitative estimate of drug-likeness (QED) is 0.571. The van der Waals surface area contributed by atoms with Crippen LogP contribution in [0, 0.1) is 0 Å². The molecule has 4 rings (SSSR count). The van der Waals surface area contributed by atoms with E-state index in [1.807, 2.05) is 66.7 Å². The molecule has 106 valence electrons. The molecule has 0 radical (unpaired) electrons. The molecule has 5 heteroatoms. The van der Waals surface area contributed by atoms with Crippen molar-refractivity contribution in [1.82, 2.24) is 14.6 Å². The van der Waals surface area contributed by atoms with Crippen molar-refractivity contribution in [2.75, 3.05) is 0 Å². The van der Waals surface area contributed by atoms with Gasteiger partial charge in [0.05, 0.1) is 4.53 Å². The number of aromatic nitrogens is 3.